The fraction of sp³-hybridized carbons (Fsp3) is 0.600. The molecule has 1 fully saturated rings. The number of likely N-dealkylation sites (tertiary alicyclic amines) is 1. The van der Waals surface area contributed by atoms with Gasteiger partial charge in [0, 0.05) is 31.9 Å². The molecule has 1 aromatic rings. The van der Waals surface area contributed by atoms with E-state index < -0.39 is 0 Å². The van der Waals surface area contributed by atoms with Crippen molar-refractivity contribution in [3.05, 3.63) is 29.3 Å². The second kappa shape index (κ2) is 4.90. The van der Waals surface area contributed by atoms with Crippen molar-refractivity contribution in [2.24, 2.45) is 0 Å². The van der Waals surface area contributed by atoms with Gasteiger partial charge < -0.3 is 10.5 Å². The lowest BCUT2D eigenvalue weighted by molar-refractivity contribution is 0.0270. The molecule has 3 rings (SSSR count). The molecule has 1 aromatic carbocycles. The highest BCUT2D eigenvalue weighted by atomic mass is 16.5. The number of nitrogens with zero attached hydrogens (tertiary/aromatic N) is 1. The van der Waals surface area contributed by atoms with Gasteiger partial charge >= 0.3 is 0 Å². The van der Waals surface area contributed by atoms with Crippen molar-refractivity contribution in [2.45, 2.75) is 37.8 Å². The van der Waals surface area contributed by atoms with Gasteiger partial charge in [-0.25, -0.2) is 0 Å². The van der Waals surface area contributed by atoms with Gasteiger partial charge in [0.1, 0.15) is 0 Å². The maximum absolute atomic E-state index is 5.86. The third-order valence-electron chi connectivity index (χ3n) is 4.46. The summed E-state index contributed by atoms with van der Waals surface area (Å²) in [6, 6.07) is 7.03. The Labute approximate surface area is 109 Å². The highest BCUT2D eigenvalue weighted by molar-refractivity contribution is 5.47. The van der Waals surface area contributed by atoms with Crippen molar-refractivity contribution in [3.8, 4) is 0 Å². The van der Waals surface area contributed by atoms with Crippen molar-refractivity contribution >= 4 is 5.69 Å². The summed E-state index contributed by atoms with van der Waals surface area (Å²) in [4.78, 5) is 2.62. The van der Waals surface area contributed by atoms with E-state index in [0.717, 1.165) is 31.6 Å². The fourth-order valence-electron chi connectivity index (χ4n) is 3.42. The molecule has 0 bridgehead atoms. The summed E-state index contributed by atoms with van der Waals surface area (Å²) in [5.74, 6) is 0. The standard InChI is InChI=1S/C15H22N2O/c1-18-13-6-8-17(9-7-13)15-5-2-11-10-12(16)3-4-14(11)15/h3-4,10,13,15H,2,5-9,16H2,1H3. The highest BCUT2D eigenvalue weighted by Crippen LogP contribution is 2.37. The lowest BCUT2D eigenvalue weighted by atomic mass is 10.0. The van der Waals surface area contributed by atoms with E-state index in [-0.39, 0.29) is 0 Å². The minimum Gasteiger partial charge on any atom is -0.399 e. The topological polar surface area (TPSA) is 38.5 Å². The van der Waals surface area contributed by atoms with Gasteiger partial charge in [-0.3, -0.25) is 4.90 Å². The maximum Gasteiger partial charge on any atom is 0.0595 e. The first-order chi connectivity index (χ1) is 8.78. The minimum absolute atomic E-state index is 0.466. The van der Waals surface area contributed by atoms with E-state index in [2.05, 4.69) is 17.0 Å². The molecule has 1 heterocycles. The molecule has 3 nitrogen and oxygen atoms in total. The number of aryl methyl sites for hydroxylation is 1. The van der Waals surface area contributed by atoms with Crippen molar-refractivity contribution in [2.75, 3.05) is 25.9 Å². The van der Waals surface area contributed by atoms with Crippen LogP contribution < -0.4 is 5.73 Å². The number of hydrogen-bond acceptors (Lipinski definition) is 3. The minimum atomic E-state index is 0.466. The molecule has 1 saturated heterocycles. The van der Waals surface area contributed by atoms with Gasteiger partial charge in [0.05, 0.1) is 6.10 Å². The molecule has 98 valence electrons. The molecule has 1 atom stereocenters. The molecule has 0 amide bonds. The zero-order valence-electron chi connectivity index (χ0n) is 11.1. The summed E-state index contributed by atoms with van der Waals surface area (Å²) in [7, 11) is 1.83. The van der Waals surface area contributed by atoms with Gasteiger partial charge in [0.25, 0.3) is 0 Å². The molecule has 3 heteroatoms. The Hall–Kier alpha value is -1.06. The van der Waals surface area contributed by atoms with Crippen LogP contribution in [0.15, 0.2) is 18.2 Å². The number of ether oxygens (including phenoxy) is 1. The Morgan fingerprint density at radius 2 is 2.00 bits per heavy atom. The molecular formula is C15H22N2O. The van der Waals surface area contributed by atoms with Crippen molar-refractivity contribution in [1.82, 2.24) is 4.90 Å². The van der Waals surface area contributed by atoms with Crippen LogP contribution in [0, 0.1) is 0 Å². The van der Waals surface area contributed by atoms with Gasteiger partial charge in [-0.15, -0.1) is 0 Å². The normalized spacial score (nSPS) is 25.3. The van der Waals surface area contributed by atoms with E-state index in [0.29, 0.717) is 12.1 Å². The number of anilines is 1. The highest BCUT2D eigenvalue weighted by Gasteiger charge is 2.30. The summed E-state index contributed by atoms with van der Waals surface area (Å²) in [6.45, 7) is 2.32. The molecule has 2 N–H and O–H groups in total. The molecule has 0 spiro atoms. The first-order valence-electron chi connectivity index (χ1n) is 6.93. The molecule has 1 unspecified atom stereocenters. The van der Waals surface area contributed by atoms with Gasteiger partial charge in [-0.1, -0.05) is 6.07 Å². The molecule has 0 radical (unpaired) electrons. The van der Waals surface area contributed by atoms with Crippen LogP contribution in [0.2, 0.25) is 0 Å². The number of rotatable bonds is 2. The smallest absolute Gasteiger partial charge is 0.0595 e. The molecule has 0 aromatic heterocycles. The molecule has 1 aliphatic carbocycles. The number of nitrogen functional groups attached to an aromatic ring is 1. The predicted molar refractivity (Wildman–Crippen MR) is 73.5 cm³/mol. The number of nitrogens with two attached hydrogens (primary N) is 1. The van der Waals surface area contributed by atoms with Crippen LogP contribution in [0.25, 0.3) is 0 Å². The second-order valence-corrected chi connectivity index (χ2v) is 5.48. The lowest BCUT2D eigenvalue weighted by Gasteiger charge is -2.35. The number of benzene rings is 1. The van der Waals surface area contributed by atoms with E-state index in [1.54, 1.807) is 0 Å². The molecule has 1 aliphatic heterocycles. The first kappa shape index (κ1) is 12.0. The largest absolute Gasteiger partial charge is 0.399 e. The van der Waals surface area contributed by atoms with E-state index in [1.165, 1.54) is 24.0 Å². The van der Waals surface area contributed by atoms with Crippen LogP contribution in [0.4, 0.5) is 5.69 Å². The lowest BCUT2D eigenvalue weighted by Crippen LogP contribution is -2.38. The van der Waals surface area contributed by atoms with Gasteiger partial charge in [0.15, 0.2) is 0 Å². The Kier molecular flexibility index (Phi) is 3.27. The Balaban J connectivity index is 1.73. The van der Waals surface area contributed by atoms with Crippen LogP contribution in [0.5, 0.6) is 0 Å². The predicted octanol–water partition coefficient (Wildman–Crippen LogP) is 2.37. The number of fused-ring (bicyclic) bond motifs is 1. The third-order valence-corrected chi connectivity index (χ3v) is 4.46. The van der Waals surface area contributed by atoms with E-state index >= 15 is 0 Å². The monoisotopic (exact) mass is 246 g/mol. The number of piperidine rings is 1. The van der Waals surface area contributed by atoms with E-state index in [1.807, 2.05) is 13.2 Å². The number of hydrogen-bond donors (Lipinski definition) is 1. The van der Waals surface area contributed by atoms with Crippen molar-refractivity contribution in [3.63, 3.8) is 0 Å². The summed E-state index contributed by atoms with van der Waals surface area (Å²) in [5.41, 5.74) is 9.71. The summed E-state index contributed by atoms with van der Waals surface area (Å²) < 4.78 is 5.44. The molecular weight excluding hydrogens is 224 g/mol. The van der Waals surface area contributed by atoms with Crippen LogP contribution >= 0.6 is 0 Å². The van der Waals surface area contributed by atoms with Crippen LogP contribution in [-0.2, 0) is 11.2 Å². The maximum atomic E-state index is 5.86. The van der Waals surface area contributed by atoms with Gasteiger partial charge in [0.2, 0.25) is 0 Å². The molecule has 0 saturated carbocycles. The Morgan fingerprint density at radius 1 is 1.22 bits per heavy atom. The second-order valence-electron chi connectivity index (χ2n) is 5.48. The average molecular weight is 246 g/mol. The zero-order valence-corrected chi connectivity index (χ0v) is 11.1. The van der Waals surface area contributed by atoms with Crippen LogP contribution in [0.3, 0.4) is 0 Å². The molecule has 2 aliphatic rings. The van der Waals surface area contributed by atoms with Gasteiger partial charge in [-0.05, 0) is 48.9 Å². The summed E-state index contributed by atoms with van der Waals surface area (Å²) in [5, 5.41) is 0. The van der Waals surface area contributed by atoms with Crippen molar-refractivity contribution < 1.29 is 4.74 Å². The average Bonchev–Trinajstić information content (AvgIpc) is 2.81. The first-order valence-corrected chi connectivity index (χ1v) is 6.93. The Morgan fingerprint density at radius 3 is 2.72 bits per heavy atom. The van der Waals surface area contributed by atoms with E-state index in [4.69, 9.17) is 10.5 Å². The zero-order chi connectivity index (χ0) is 12.5. The fourth-order valence-corrected chi connectivity index (χ4v) is 3.42. The summed E-state index contributed by atoms with van der Waals surface area (Å²) in [6.07, 6.45) is 5.22. The SMILES string of the molecule is COC1CCN(C2CCc3cc(N)ccc32)CC1. The Bertz CT molecular complexity index is 425. The van der Waals surface area contributed by atoms with E-state index in [9.17, 15) is 0 Å². The summed E-state index contributed by atoms with van der Waals surface area (Å²) >= 11 is 0. The third kappa shape index (κ3) is 2.13. The molecule has 18 heavy (non-hydrogen) atoms. The van der Waals surface area contributed by atoms with Crippen LogP contribution in [0.1, 0.15) is 36.4 Å². The quantitative estimate of drug-likeness (QED) is 0.814. The number of methoxy groups -OCH3 is 1. The van der Waals surface area contributed by atoms with Gasteiger partial charge in [-0.2, -0.15) is 0 Å². The van der Waals surface area contributed by atoms with Crippen LogP contribution in [-0.4, -0.2) is 31.2 Å². The van der Waals surface area contributed by atoms with Crippen molar-refractivity contribution in [1.29, 1.82) is 0 Å².